The van der Waals surface area contributed by atoms with Crippen molar-refractivity contribution in [1.82, 2.24) is 20.6 Å². The highest BCUT2D eigenvalue weighted by atomic mass is 16.5. The van der Waals surface area contributed by atoms with Crippen molar-refractivity contribution in [2.24, 2.45) is 0 Å². The molecule has 0 unspecified atom stereocenters. The molecule has 9 heteroatoms. The number of rotatable bonds is 4. The van der Waals surface area contributed by atoms with E-state index < -0.39 is 6.03 Å². The summed E-state index contributed by atoms with van der Waals surface area (Å²) in [6.45, 7) is 2.35. The zero-order valence-corrected chi connectivity index (χ0v) is 16.9. The summed E-state index contributed by atoms with van der Waals surface area (Å²) in [6, 6.07) is 12.4. The molecule has 0 spiro atoms. The van der Waals surface area contributed by atoms with E-state index in [1.54, 1.807) is 24.3 Å². The number of ketones is 1. The number of nitrogens with one attached hydrogen (secondary N) is 3. The van der Waals surface area contributed by atoms with Crippen LogP contribution in [0, 0.1) is 0 Å². The lowest BCUT2D eigenvalue weighted by molar-refractivity contribution is 0.0207. The van der Waals surface area contributed by atoms with E-state index in [2.05, 4.69) is 20.9 Å². The first-order chi connectivity index (χ1) is 15.2. The fourth-order valence-electron chi connectivity index (χ4n) is 3.92. The number of benzene rings is 2. The van der Waals surface area contributed by atoms with Gasteiger partial charge in [0, 0.05) is 24.2 Å². The molecule has 158 valence electrons. The summed E-state index contributed by atoms with van der Waals surface area (Å²) >= 11 is 0. The number of amides is 2. The number of carbonyl (C=O) groups is 2. The van der Waals surface area contributed by atoms with Crippen LogP contribution in [0.15, 0.2) is 42.5 Å². The fourth-order valence-corrected chi connectivity index (χ4v) is 3.92. The van der Waals surface area contributed by atoms with Gasteiger partial charge in [-0.05, 0) is 30.3 Å². The van der Waals surface area contributed by atoms with E-state index in [0.717, 1.165) is 16.9 Å². The van der Waals surface area contributed by atoms with Crippen LogP contribution in [0.3, 0.4) is 0 Å². The van der Waals surface area contributed by atoms with Crippen LogP contribution < -0.4 is 15.5 Å². The van der Waals surface area contributed by atoms with Gasteiger partial charge in [-0.3, -0.25) is 15.3 Å². The van der Waals surface area contributed by atoms with E-state index in [1.165, 1.54) is 0 Å². The van der Waals surface area contributed by atoms with Crippen molar-refractivity contribution in [3.8, 4) is 28.3 Å². The summed E-state index contributed by atoms with van der Waals surface area (Å²) in [7, 11) is 1.60. The standard InChI is InChI=1S/C22H21N5O4/c1-30-14-7-5-13(6-8-14)19-18-20(25-24-19)15-3-2-4-16(17(15)21(18)28)23-22(29)26-27-9-11-31-12-10-27/h2-8H,9-12H2,1H3,(H,24,25)(H2,23,26,29). The monoisotopic (exact) mass is 419 g/mol. The molecule has 2 aromatic carbocycles. The third-order valence-corrected chi connectivity index (χ3v) is 5.44. The number of nitrogens with zero attached hydrogens (tertiary/aromatic N) is 2. The number of anilines is 1. The SMILES string of the molecule is COc1ccc(-c2n[nH]c3c2C(=O)c2c(NC(=O)NN4CCOCC4)cccc2-3)cc1. The van der Waals surface area contributed by atoms with Crippen LogP contribution in [0.1, 0.15) is 15.9 Å². The third kappa shape index (κ3) is 3.43. The van der Waals surface area contributed by atoms with Crippen molar-refractivity contribution in [3.05, 3.63) is 53.6 Å². The van der Waals surface area contributed by atoms with Crippen LogP contribution >= 0.6 is 0 Å². The first-order valence-electron chi connectivity index (χ1n) is 9.97. The summed E-state index contributed by atoms with van der Waals surface area (Å²) in [5.41, 5.74) is 6.96. The molecule has 3 aromatic rings. The average molecular weight is 419 g/mol. The Kier molecular flexibility index (Phi) is 4.89. The van der Waals surface area contributed by atoms with E-state index in [9.17, 15) is 9.59 Å². The number of carbonyl (C=O) groups excluding carboxylic acids is 2. The van der Waals surface area contributed by atoms with Gasteiger partial charge >= 0.3 is 6.03 Å². The average Bonchev–Trinajstić information content (AvgIpc) is 3.35. The molecule has 1 fully saturated rings. The van der Waals surface area contributed by atoms with Crippen molar-refractivity contribution < 1.29 is 19.1 Å². The second-order valence-electron chi connectivity index (χ2n) is 7.27. The second kappa shape index (κ2) is 7.86. The van der Waals surface area contributed by atoms with Gasteiger partial charge in [0.05, 0.1) is 42.8 Å². The molecule has 0 saturated carbocycles. The van der Waals surface area contributed by atoms with Crippen molar-refractivity contribution in [1.29, 1.82) is 0 Å². The Labute approximate surface area is 178 Å². The number of urea groups is 1. The molecule has 1 aliphatic carbocycles. The molecule has 1 saturated heterocycles. The van der Waals surface area contributed by atoms with Crippen molar-refractivity contribution >= 4 is 17.5 Å². The van der Waals surface area contributed by atoms with Crippen molar-refractivity contribution in [2.75, 3.05) is 38.7 Å². The number of morpholine rings is 1. The normalized spacial score (nSPS) is 15.3. The van der Waals surface area contributed by atoms with Gasteiger partial charge < -0.3 is 14.8 Å². The second-order valence-corrected chi connectivity index (χ2v) is 7.27. The lowest BCUT2D eigenvalue weighted by Crippen LogP contribution is -2.49. The molecule has 1 aromatic heterocycles. The summed E-state index contributed by atoms with van der Waals surface area (Å²) in [5.74, 6) is 0.551. The lowest BCUT2D eigenvalue weighted by Gasteiger charge is -2.27. The number of fused-ring (bicyclic) bond motifs is 3. The van der Waals surface area contributed by atoms with Gasteiger partial charge in [-0.15, -0.1) is 0 Å². The Morgan fingerprint density at radius 3 is 2.65 bits per heavy atom. The number of hydrogen-bond donors (Lipinski definition) is 3. The fraction of sp³-hybridized carbons (Fsp3) is 0.227. The lowest BCUT2D eigenvalue weighted by atomic mass is 10.0. The number of ether oxygens (including phenoxy) is 2. The number of H-pyrrole nitrogens is 1. The van der Waals surface area contributed by atoms with Crippen molar-refractivity contribution in [2.45, 2.75) is 0 Å². The predicted molar refractivity (Wildman–Crippen MR) is 114 cm³/mol. The van der Waals surface area contributed by atoms with Gasteiger partial charge in [0.2, 0.25) is 0 Å². The smallest absolute Gasteiger partial charge is 0.333 e. The zero-order valence-electron chi connectivity index (χ0n) is 16.9. The Morgan fingerprint density at radius 2 is 1.90 bits per heavy atom. The Bertz CT molecular complexity index is 1150. The number of methoxy groups -OCH3 is 1. The highest BCUT2D eigenvalue weighted by Gasteiger charge is 2.35. The molecular weight excluding hydrogens is 398 g/mol. The molecule has 3 N–H and O–H groups in total. The van der Waals surface area contributed by atoms with Crippen LogP contribution in [0.4, 0.5) is 10.5 Å². The van der Waals surface area contributed by atoms with E-state index in [1.807, 2.05) is 30.3 Å². The highest BCUT2D eigenvalue weighted by Crippen LogP contribution is 2.43. The molecule has 2 heterocycles. The van der Waals surface area contributed by atoms with Crippen LogP contribution in [0.2, 0.25) is 0 Å². The maximum Gasteiger partial charge on any atom is 0.333 e. The number of hydrazine groups is 1. The van der Waals surface area contributed by atoms with Crippen LogP contribution in [0.5, 0.6) is 5.75 Å². The minimum Gasteiger partial charge on any atom is -0.497 e. The van der Waals surface area contributed by atoms with Gasteiger partial charge in [0.15, 0.2) is 5.78 Å². The Hall–Kier alpha value is -3.69. The van der Waals surface area contributed by atoms with Crippen LogP contribution in [0.25, 0.3) is 22.5 Å². The van der Waals surface area contributed by atoms with Crippen LogP contribution in [-0.2, 0) is 4.74 Å². The Morgan fingerprint density at radius 1 is 1.13 bits per heavy atom. The largest absolute Gasteiger partial charge is 0.497 e. The number of aromatic nitrogens is 2. The predicted octanol–water partition coefficient (Wildman–Crippen LogP) is 2.67. The first-order valence-corrected chi connectivity index (χ1v) is 9.97. The minimum absolute atomic E-state index is 0.174. The molecule has 9 nitrogen and oxygen atoms in total. The quantitative estimate of drug-likeness (QED) is 0.469. The summed E-state index contributed by atoms with van der Waals surface area (Å²) in [5, 5.41) is 12.0. The highest BCUT2D eigenvalue weighted by molar-refractivity contribution is 6.26. The number of aromatic amines is 1. The molecule has 1 aliphatic heterocycles. The molecule has 0 bridgehead atoms. The van der Waals surface area contributed by atoms with E-state index in [-0.39, 0.29) is 5.78 Å². The van der Waals surface area contributed by atoms with Gasteiger partial charge in [-0.25, -0.2) is 9.80 Å². The van der Waals surface area contributed by atoms with Gasteiger partial charge in [-0.2, -0.15) is 5.10 Å². The van der Waals surface area contributed by atoms with E-state index in [4.69, 9.17) is 9.47 Å². The van der Waals surface area contributed by atoms with Gasteiger partial charge in [-0.1, -0.05) is 12.1 Å². The molecule has 0 atom stereocenters. The topological polar surface area (TPSA) is 109 Å². The summed E-state index contributed by atoms with van der Waals surface area (Å²) < 4.78 is 10.5. The summed E-state index contributed by atoms with van der Waals surface area (Å²) in [4.78, 5) is 25.9. The molecule has 5 rings (SSSR count). The minimum atomic E-state index is -0.396. The number of hydrogen-bond acceptors (Lipinski definition) is 6. The molecule has 2 aliphatic rings. The van der Waals surface area contributed by atoms with Gasteiger partial charge in [0.25, 0.3) is 0 Å². The molecule has 31 heavy (non-hydrogen) atoms. The maximum atomic E-state index is 13.4. The molecule has 2 amide bonds. The van der Waals surface area contributed by atoms with Gasteiger partial charge in [0.1, 0.15) is 11.4 Å². The molecular formula is C22H21N5O4. The van der Waals surface area contributed by atoms with Crippen LogP contribution in [-0.4, -0.2) is 60.4 Å². The van der Waals surface area contributed by atoms with Crippen molar-refractivity contribution in [3.63, 3.8) is 0 Å². The van der Waals surface area contributed by atoms with E-state index in [0.29, 0.717) is 54.5 Å². The first kappa shape index (κ1) is 19.3. The Balaban J connectivity index is 1.43. The zero-order chi connectivity index (χ0) is 21.4. The maximum absolute atomic E-state index is 13.4. The summed E-state index contributed by atoms with van der Waals surface area (Å²) in [6.07, 6.45) is 0. The third-order valence-electron chi connectivity index (χ3n) is 5.44. The molecule has 0 radical (unpaired) electrons. The van der Waals surface area contributed by atoms with E-state index >= 15 is 0 Å².